The minimum absolute atomic E-state index is 0.215. The molecule has 8 heteroatoms. The molecule has 0 aromatic heterocycles. The van der Waals surface area contributed by atoms with Crippen molar-refractivity contribution in [2.24, 2.45) is 0 Å². The fraction of sp³-hybridized carbons (Fsp3) is 0.769. The highest BCUT2D eigenvalue weighted by Gasteiger charge is 2.41. The van der Waals surface area contributed by atoms with Gasteiger partial charge in [-0.1, -0.05) is 0 Å². The molecule has 1 rings (SSSR count). The lowest BCUT2D eigenvalue weighted by Crippen LogP contribution is -2.48. The molecule has 1 saturated heterocycles. The summed E-state index contributed by atoms with van der Waals surface area (Å²) < 4.78 is 9.83. The second-order valence-corrected chi connectivity index (χ2v) is 6.85. The van der Waals surface area contributed by atoms with Gasteiger partial charge in [-0.05, 0) is 20.8 Å². The second kappa shape index (κ2) is 7.02. The van der Waals surface area contributed by atoms with Crippen molar-refractivity contribution in [2.75, 3.05) is 19.4 Å². The van der Waals surface area contributed by atoms with Crippen molar-refractivity contribution < 1.29 is 23.9 Å². The smallest absolute Gasteiger partial charge is 0.407 e. The summed E-state index contributed by atoms with van der Waals surface area (Å²) in [6.07, 6.45) is -0.548. The van der Waals surface area contributed by atoms with E-state index in [0.29, 0.717) is 5.75 Å². The Hall–Kier alpha value is -1.44. The first-order chi connectivity index (χ1) is 9.65. The topological polar surface area (TPSA) is 84.9 Å². The predicted octanol–water partition coefficient (Wildman–Crippen LogP) is 0.974. The lowest BCUT2D eigenvalue weighted by atomic mass is 10.2. The van der Waals surface area contributed by atoms with Crippen LogP contribution in [0.2, 0.25) is 0 Å². The summed E-state index contributed by atoms with van der Waals surface area (Å²) in [6.45, 7) is 6.92. The van der Waals surface area contributed by atoms with Crippen molar-refractivity contribution in [1.29, 1.82) is 0 Å². The Morgan fingerprint density at radius 1 is 1.33 bits per heavy atom. The number of carbonyl (C=O) groups is 3. The van der Waals surface area contributed by atoms with Crippen LogP contribution in [0.4, 0.5) is 4.79 Å². The minimum atomic E-state index is -0.608. The van der Waals surface area contributed by atoms with Crippen molar-refractivity contribution in [1.82, 2.24) is 10.2 Å². The molecule has 1 aliphatic rings. The maximum Gasteiger partial charge on any atom is 0.407 e. The number of amides is 2. The molecule has 0 bridgehead atoms. The minimum Gasteiger partial charge on any atom is -0.467 e. The fourth-order valence-corrected chi connectivity index (χ4v) is 3.30. The fourth-order valence-electron chi connectivity index (χ4n) is 1.95. The molecule has 0 saturated carbocycles. The number of hydrogen-bond donors (Lipinski definition) is 1. The zero-order valence-corrected chi connectivity index (χ0v) is 13.8. The van der Waals surface area contributed by atoms with E-state index in [1.165, 1.54) is 30.7 Å². The maximum absolute atomic E-state index is 11.7. The van der Waals surface area contributed by atoms with Gasteiger partial charge >= 0.3 is 12.1 Å². The van der Waals surface area contributed by atoms with Gasteiger partial charge < -0.3 is 19.7 Å². The van der Waals surface area contributed by atoms with Gasteiger partial charge in [-0.25, -0.2) is 9.59 Å². The van der Waals surface area contributed by atoms with E-state index < -0.39 is 23.7 Å². The highest BCUT2D eigenvalue weighted by atomic mass is 32.2. The lowest BCUT2D eigenvalue weighted by Gasteiger charge is -2.27. The third kappa shape index (κ3) is 5.11. The molecule has 0 radical (unpaired) electrons. The van der Waals surface area contributed by atoms with Crippen LogP contribution in [0.1, 0.15) is 27.7 Å². The third-order valence-electron chi connectivity index (χ3n) is 2.75. The zero-order chi connectivity index (χ0) is 16.2. The zero-order valence-electron chi connectivity index (χ0n) is 13.0. The van der Waals surface area contributed by atoms with E-state index in [1.807, 2.05) is 0 Å². The Morgan fingerprint density at radius 3 is 2.43 bits per heavy atom. The molecule has 0 aliphatic carbocycles. The molecule has 2 amide bonds. The number of carbonyl (C=O) groups excluding carboxylic acids is 3. The van der Waals surface area contributed by atoms with Gasteiger partial charge in [0.05, 0.1) is 19.0 Å². The lowest BCUT2D eigenvalue weighted by molar-refractivity contribution is -0.150. The van der Waals surface area contributed by atoms with Crippen LogP contribution >= 0.6 is 11.8 Å². The van der Waals surface area contributed by atoms with Crippen molar-refractivity contribution in [3.05, 3.63) is 0 Å². The molecule has 0 spiro atoms. The Bertz CT molecular complexity index is 421. The van der Waals surface area contributed by atoms with Gasteiger partial charge in [-0.2, -0.15) is 0 Å². The summed E-state index contributed by atoms with van der Waals surface area (Å²) in [6, 6.07) is -0.608. The van der Waals surface area contributed by atoms with E-state index in [1.54, 1.807) is 20.8 Å². The van der Waals surface area contributed by atoms with Crippen LogP contribution in [0.15, 0.2) is 0 Å². The van der Waals surface area contributed by atoms with Gasteiger partial charge in [-0.3, -0.25) is 4.79 Å². The summed E-state index contributed by atoms with van der Waals surface area (Å²) >= 11 is 1.42. The molecule has 2 atom stereocenters. The highest BCUT2D eigenvalue weighted by Crippen LogP contribution is 2.29. The number of methoxy groups -OCH3 is 1. The molecule has 0 unspecified atom stereocenters. The molecule has 1 fully saturated rings. The number of thioether (sulfide) groups is 1. The molecule has 1 N–H and O–H groups in total. The first-order valence-electron chi connectivity index (χ1n) is 6.61. The molecular formula is C13H22N2O5S. The van der Waals surface area contributed by atoms with E-state index in [2.05, 4.69) is 5.32 Å². The monoisotopic (exact) mass is 318 g/mol. The summed E-state index contributed by atoms with van der Waals surface area (Å²) in [5, 5.41) is 2.31. The van der Waals surface area contributed by atoms with Crippen molar-refractivity contribution in [3.63, 3.8) is 0 Å². The van der Waals surface area contributed by atoms with E-state index >= 15 is 0 Å². The van der Waals surface area contributed by atoms with Gasteiger partial charge in [-0.15, -0.1) is 11.8 Å². The standard InChI is InChI=1S/C13H22N2O5S/c1-8(16)15-9(11(17)19-5)7-21-10(15)6-14-12(18)20-13(2,3)4/h9-10H,6-7H2,1-5H3,(H,14,18)/t9-,10+/m0/s1. The van der Waals surface area contributed by atoms with Crippen LogP contribution in [0.3, 0.4) is 0 Å². The average molecular weight is 318 g/mol. The molecule has 21 heavy (non-hydrogen) atoms. The number of ether oxygens (including phenoxy) is 2. The number of nitrogens with one attached hydrogen (secondary N) is 1. The van der Waals surface area contributed by atoms with Gasteiger partial charge in [0.2, 0.25) is 5.91 Å². The third-order valence-corrected chi connectivity index (χ3v) is 4.04. The highest BCUT2D eigenvalue weighted by molar-refractivity contribution is 8.00. The average Bonchev–Trinajstić information content (AvgIpc) is 2.77. The van der Waals surface area contributed by atoms with Crippen LogP contribution in [0, 0.1) is 0 Å². The Morgan fingerprint density at radius 2 is 1.95 bits per heavy atom. The van der Waals surface area contributed by atoms with E-state index in [0.717, 1.165) is 0 Å². The molecular weight excluding hydrogens is 296 g/mol. The summed E-state index contributed by atoms with van der Waals surface area (Å²) in [5.74, 6) is -0.226. The number of nitrogens with zero attached hydrogens (tertiary/aromatic N) is 1. The normalized spacial score (nSPS) is 21.9. The summed E-state index contributed by atoms with van der Waals surface area (Å²) in [7, 11) is 1.29. The van der Waals surface area contributed by atoms with Crippen LogP contribution in [0.5, 0.6) is 0 Å². The van der Waals surface area contributed by atoms with E-state index in [-0.39, 0.29) is 17.8 Å². The molecule has 7 nitrogen and oxygen atoms in total. The van der Waals surface area contributed by atoms with Gasteiger partial charge in [0.1, 0.15) is 11.6 Å². The van der Waals surface area contributed by atoms with Crippen molar-refractivity contribution >= 4 is 29.7 Å². The largest absolute Gasteiger partial charge is 0.467 e. The molecule has 1 heterocycles. The number of esters is 1. The molecule has 0 aromatic rings. The second-order valence-electron chi connectivity index (χ2n) is 5.64. The number of alkyl carbamates (subject to hydrolysis) is 1. The van der Waals surface area contributed by atoms with E-state index in [9.17, 15) is 14.4 Å². The van der Waals surface area contributed by atoms with Crippen molar-refractivity contribution in [3.8, 4) is 0 Å². The number of hydrogen-bond acceptors (Lipinski definition) is 6. The Kier molecular flexibility index (Phi) is 5.88. The molecule has 120 valence electrons. The van der Waals surface area contributed by atoms with Crippen LogP contribution in [-0.2, 0) is 19.1 Å². The Labute approximate surface area is 128 Å². The predicted molar refractivity (Wildman–Crippen MR) is 78.8 cm³/mol. The van der Waals surface area contributed by atoms with Crippen LogP contribution in [-0.4, -0.2) is 59.3 Å². The first-order valence-corrected chi connectivity index (χ1v) is 7.65. The Balaban J connectivity index is 2.61. The van der Waals surface area contributed by atoms with Gasteiger partial charge in [0.15, 0.2) is 0 Å². The quantitative estimate of drug-likeness (QED) is 0.781. The number of rotatable bonds is 3. The summed E-state index contributed by atoms with van der Waals surface area (Å²) in [5.41, 5.74) is -0.582. The SMILES string of the molecule is COC(=O)[C@@H]1CS[C@H](CNC(=O)OC(C)(C)C)N1C(C)=O. The van der Waals surface area contributed by atoms with Gasteiger partial charge in [0.25, 0.3) is 0 Å². The van der Waals surface area contributed by atoms with Crippen LogP contribution < -0.4 is 5.32 Å². The van der Waals surface area contributed by atoms with Gasteiger partial charge in [0, 0.05) is 12.7 Å². The molecule has 0 aromatic carbocycles. The van der Waals surface area contributed by atoms with Crippen molar-refractivity contribution in [2.45, 2.75) is 44.7 Å². The van der Waals surface area contributed by atoms with E-state index in [4.69, 9.17) is 9.47 Å². The molecule has 1 aliphatic heterocycles. The maximum atomic E-state index is 11.7. The first kappa shape index (κ1) is 17.6. The summed E-state index contributed by atoms with van der Waals surface area (Å²) in [4.78, 5) is 36.4. The van der Waals surface area contributed by atoms with Crippen LogP contribution in [0.25, 0.3) is 0 Å².